The van der Waals surface area contributed by atoms with Crippen molar-refractivity contribution in [2.45, 2.75) is 89.9 Å². The Balaban J connectivity index is 0.904. The molecule has 4 heterocycles. The van der Waals surface area contributed by atoms with Crippen LogP contribution >= 0.6 is 0 Å². The smallest absolute Gasteiger partial charge is 0.0641 e. The molecule has 2 aliphatic rings. The van der Waals surface area contributed by atoms with Crippen LogP contribution in [0.3, 0.4) is 0 Å². The van der Waals surface area contributed by atoms with Gasteiger partial charge in [-0.2, -0.15) is 0 Å². The summed E-state index contributed by atoms with van der Waals surface area (Å²) >= 11 is 0. The minimum absolute atomic E-state index is 0.628. The van der Waals surface area contributed by atoms with Crippen molar-refractivity contribution < 1.29 is 0 Å². The molecule has 406 valence electrons. The van der Waals surface area contributed by atoms with E-state index in [1.165, 1.54) is 219 Å². The van der Waals surface area contributed by atoms with Gasteiger partial charge in [0.1, 0.15) is 0 Å². The highest BCUT2D eigenvalue weighted by atomic mass is 15.2. The molecule has 0 spiro atoms. The van der Waals surface area contributed by atoms with Crippen molar-refractivity contribution in [3.05, 3.63) is 253 Å². The predicted molar refractivity (Wildman–Crippen MR) is 357 cm³/mol. The van der Waals surface area contributed by atoms with Gasteiger partial charge in [0.05, 0.1) is 55.8 Å². The molecule has 2 fully saturated rings. The Hall–Kier alpha value is -9.38. The first-order valence-corrected chi connectivity index (χ1v) is 31.0. The van der Waals surface area contributed by atoms with Gasteiger partial charge in [0.25, 0.3) is 0 Å². The lowest BCUT2D eigenvalue weighted by Crippen LogP contribution is -2.12. The summed E-state index contributed by atoms with van der Waals surface area (Å²) in [4.78, 5) is 5.15. The number of fused-ring (bicyclic) bond motifs is 12. The Morgan fingerprint density at radius 3 is 1.12 bits per heavy atom. The van der Waals surface area contributed by atoms with Crippen LogP contribution in [0.15, 0.2) is 231 Å². The molecule has 4 aromatic heterocycles. The van der Waals surface area contributed by atoms with Crippen LogP contribution in [-0.2, 0) is 0 Å². The molecule has 84 heavy (non-hydrogen) atoms. The van der Waals surface area contributed by atoms with Crippen molar-refractivity contribution in [2.75, 3.05) is 9.80 Å². The van der Waals surface area contributed by atoms with Crippen LogP contribution in [-0.4, -0.2) is 8.80 Å². The number of nitrogens with zero attached hydrogens (tertiary/aromatic N) is 4. The topological polar surface area (TPSA) is 15.3 Å². The molecule has 0 bridgehead atoms. The molecular weight excluding hydrogens is 1020 g/mol. The summed E-state index contributed by atoms with van der Waals surface area (Å²) < 4.78 is 5.19. The number of rotatable bonds is 10. The highest BCUT2D eigenvalue weighted by Gasteiger charge is 2.30. The van der Waals surface area contributed by atoms with Gasteiger partial charge in [-0.1, -0.05) is 196 Å². The summed E-state index contributed by atoms with van der Waals surface area (Å²) in [5.74, 6) is 1.26. The maximum atomic E-state index is 2.59. The third-order valence-electron chi connectivity index (χ3n) is 19.7. The van der Waals surface area contributed by atoms with Crippen molar-refractivity contribution in [2.24, 2.45) is 0 Å². The number of benzene rings is 11. The van der Waals surface area contributed by atoms with Gasteiger partial charge in [-0.3, -0.25) is 0 Å². The first-order chi connectivity index (χ1) is 41.5. The average molecular weight is 1080 g/mol. The summed E-state index contributed by atoms with van der Waals surface area (Å²) in [6.07, 6.45) is 13.1. The number of aromatic nitrogens is 2. The molecule has 0 amide bonds. The molecule has 0 unspecified atom stereocenters. The van der Waals surface area contributed by atoms with Gasteiger partial charge in [-0.15, -0.1) is 0 Å². The standard InChI is InChI=1S/C80H66N4/c1-51-31-41-61(57-23-11-5-12-24-57)73(47-51)81(59-37-33-55(34-38-59)53-19-7-3-8-20-53)71-45-43-63-67-49-76-68(50-75(67)83-69-29-17-15-27-65(69)77(71)79(63)83)64-44-46-72(78-66-28-16-18-30-70(66)84(76)80(64)78)82(60-39-35-56(36-40-60)54-21-9-4-10-22-54)74-48-52(2)32-42-62(74)58-25-13-6-14-26-58/h5-6,11-18,23-50,53-54H,3-4,7-10,19-22H2,1-2H3. The van der Waals surface area contributed by atoms with Crippen LogP contribution in [0.4, 0.5) is 34.1 Å². The Morgan fingerprint density at radius 1 is 0.310 bits per heavy atom. The molecule has 4 nitrogen and oxygen atoms in total. The molecule has 0 saturated heterocycles. The van der Waals surface area contributed by atoms with Gasteiger partial charge in [0.2, 0.25) is 0 Å². The molecule has 17 rings (SSSR count). The van der Waals surface area contributed by atoms with Crippen LogP contribution < -0.4 is 9.80 Å². The Labute approximate surface area is 491 Å². The molecule has 11 aromatic carbocycles. The van der Waals surface area contributed by atoms with Crippen LogP contribution in [0.5, 0.6) is 0 Å². The fraction of sp³-hybridized carbons (Fsp3) is 0.175. The molecular formula is C80H66N4. The number of para-hydroxylation sites is 2. The van der Waals surface area contributed by atoms with E-state index < -0.39 is 0 Å². The molecule has 0 N–H and O–H groups in total. The molecule has 0 aliphatic heterocycles. The third kappa shape index (κ3) is 7.65. The molecule has 4 heteroatoms. The Bertz CT molecular complexity index is 4660. The third-order valence-corrected chi connectivity index (χ3v) is 19.7. The Morgan fingerprint density at radius 2 is 0.702 bits per heavy atom. The van der Waals surface area contributed by atoms with Gasteiger partial charge in [0.15, 0.2) is 0 Å². The van der Waals surface area contributed by atoms with E-state index >= 15 is 0 Å². The molecule has 2 aliphatic carbocycles. The zero-order valence-corrected chi connectivity index (χ0v) is 48.0. The predicted octanol–water partition coefficient (Wildman–Crippen LogP) is 23.0. The maximum Gasteiger partial charge on any atom is 0.0641 e. The number of hydrogen-bond donors (Lipinski definition) is 0. The SMILES string of the molecule is Cc1ccc(-c2ccccc2)c(N(c2ccc(C3CCCCC3)cc2)c2ccc3c4cc5c(cc4n4c6ccccc6c2c34)c2ccc(N(c3ccc(C4CCCCC4)cc3)c3cc(C)ccc3-c3ccccc3)c3c4ccccc4n5c23)c1. The van der Waals surface area contributed by atoms with E-state index in [1.54, 1.807) is 0 Å². The molecule has 0 atom stereocenters. The first kappa shape index (κ1) is 49.2. The fourth-order valence-electron chi connectivity index (χ4n) is 15.7. The van der Waals surface area contributed by atoms with Crippen molar-refractivity contribution in [3.63, 3.8) is 0 Å². The minimum atomic E-state index is 0.628. The van der Waals surface area contributed by atoms with E-state index in [1.807, 2.05) is 0 Å². The second-order valence-electron chi connectivity index (χ2n) is 24.6. The Kier molecular flexibility index (Phi) is 11.5. The summed E-state index contributed by atoms with van der Waals surface area (Å²) in [6.45, 7) is 4.46. The van der Waals surface area contributed by atoms with E-state index in [0.29, 0.717) is 11.8 Å². The normalized spacial score (nSPS) is 14.7. The number of hydrogen-bond acceptors (Lipinski definition) is 2. The van der Waals surface area contributed by atoms with E-state index in [2.05, 4.69) is 263 Å². The number of anilines is 6. The van der Waals surface area contributed by atoms with Crippen molar-refractivity contribution >= 4 is 110 Å². The summed E-state index contributed by atoms with van der Waals surface area (Å²) in [6, 6.07) is 88.3. The monoisotopic (exact) mass is 1080 g/mol. The zero-order valence-electron chi connectivity index (χ0n) is 48.0. The second-order valence-corrected chi connectivity index (χ2v) is 24.6. The average Bonchev–Trinajstić information content (AvgIpc) is 4.16. The summed E-state index contributed by atoms with van der Waals surface area (Å²) in [5, 5.41) is 10.1. The minimum Gasteiger partial charge on any atom is -0.309 e. The van der Waals surface area contributed by atoms with E-state index in [-0.39, 0.29) is 0 Å². The quantitative estimate of drug-likeness (QED) is 0.136. The summed E-state index contributed by atoms with van der Waals surface area (Å²) in [7, 11) is 0. The lowest BCUT2D eigenvalue weighted by molar-refractivity contribution is 0.443. The first-order valence-electron chi connectivity index (χ1n) is 31.0. The lowest BCUT2D eigenvalue weighted by atomic mass is 9.84. The van der Waals surface area contributed by atoms with Crippen LogP contribution in [0.1, 0.15) is 98.3 Å². The molecule has 2 saturated carbocycles. The molecule has 0 radical (unpaired) electrons. The van der Waals surface area contributed by atoms with Gasteiger partial charge in [-0.25, -0.2) is 0 Å². The van der Waals surface area contributed by atoms with Gasteiger partial charge in [-0.05, 0) is 158 Å². The van der Waals surface area contributed by atoms with Crippen LogP contribution in [0, 0.1) is 13.8 Å². The van der Waals surface area contributed by atoms with Crippen molar-refractivity contribution in [1.29, 1.82) is 0 Å². The van der Waals surface area contributed by atoms with E-state index in [0.717, 1.165) is 0 Å². The maximum absolute atomic E-state index is 2.59. The van der Waals surface area contributed by atoms with Crippen LogP contribution in [0.25, 0.3) is 98.4 Å². The highest BCUT2D eigenvalue weighted by molar-refractivity contribution is 6.32. The fourth-order valence-corrected chi connectivity index (χ4v) is 15.7. The van der Waals surface area contributed by atoms with Gasteiger partial charge in [0, 0.05) is 65.6 Å². The van der Waals surface area contributed by atoms with E-state index in [4.69, 9.17) is 0 Å². The van der Waals surface area contributed by atoms with E-state index in [9.17, 15) is 0 Å². The largest absolute Gasteiger partial charge is 0.309 e. The lowest BCUT2D eigenvalue weighted by Gasteiger charge is -2.30. The highest BCUT2D eigenvalue weighted by Crippen LogP contribution is 2.53. The zero-order chi connectivity index (χ0) is 55.6. The second kappa shape index (κ2) is 19.6. The van der Waals surface area contributed by atoms with Crippen molar-refractivity contribution in [3.8, 4) is 22.3 Å². The molecule has 15 aromatic rings. The summed E-state index contributed by atoms with van der Waals surface area (Å²) in [5.41, 5.74) is 24.8. The van der Waals surface area contributed by atoms with Crippen LogP contribution in [0.2, 0.25) is 0 Å². The van der Waals surface area contributed by atoms with Gasteiger partial charge < -0.3 is 18.6 Å². The van der Waals surface area contributed by atoms with Crippen molar-refractivity contribution in [1.82, 2.24) is 8.80 Å². The number of aryl methyl sites for hydroxylation is 2. The van der Waals surface area contributed by atoms with Gasteiger partial charge >= 0.3 is 0 Å².